The Morgan fingerprint density at radius 2 is 1.82 bits per heavy atom. The Morgan fingerprint density at radius 3 is 2.58 bits per heavy atom. The normalized spacial score (nSPS) is 14.7. The number of nitrogens with zero attached hydrogens (tertiary/aromatic N) is 6. The SMILES string of the molecule is Cc1cc(N2CCN(Cc3nc(-c4ccccc4C)no3)CC2)c2cccc([N+](=O)[O-])c2n1. The summed E-state index contributed by atoms with van der Waals surface area (Å²) in [4.78, 5) is 24.7. The third kappa shape index (κ3) is 4.14. The van der Waals surface area contributed by atoms with E-state index in [-0.39, 0.29) is 10.6 Å². The molecular weight excluding hydrogens is 420 g/mol. The van der Waals surface area contributed by atoms with Gasteiger partial charge in [-0.3, -0.25) is 15.0 Å². The molecule has 2 aromatic heterocycles. The van der Waals surface area contributed by atoms with Crippen LogP contribution in [0, 0.1) is 24.0 Å². The van der Waals surface area contributed by atoms with Crippen molar-refractivity contribution in [3.8, 4) is 11.4 Å². The Hall–Kier alpha value is -3.85. The number of para-hydroxylation sites is 1. The molecule has 1 fully saturated rings. The summed E-state index contributed by atoms with van der Waals surface area (Å²) in [6, 6.07) is 15.1. The van der Waals surface area contributed by atoms with Crippen LogP contribution in [0.4, 0.5) is 11.4 Å². The first kappa shape index (κ1) is 21.0. The first-order valence-electron chi connectivity index (χ1n) is 10.9. The first-order chi connectivity index (χ1) is 16.0. The molecule has 9 heteroatoms. The number of hydrogen-bond acceptors (Lipinski definition) is 8. The smallest absolute Gasteiger partial charge is 0.295 e. The highest BCUT2D eigenvalue weighted by Gasteiger charge is 2.23. The summed E-state index contributed by atoms with van der Waals surface area (Å²) in [6.45, 7) is 7.72. The molecule has 0 saturated carbocycles. The van der Waals surface area contributed by atoms with E-state index >= 15 is 0 Å². The summed E-state index contributed by atoms with van der Waals surface area (Å²) in [7, 11) is 0. The van der Waals surface area contributed by atoms with Gasteiger partial charge in [-0.15, -0.1) is 0 Å². The predicted octanol–water partition coefficient (Wildman–Crippen LogP) is 4.13. The second kappa shape index (κ2) is 8.59. The van der Waals surface area contributed by atoms with Crippen molar-refractivity contribution in [1.29, 1.82) is 0 Å². The van der Waals surface area contributed by atoms with Crippen molar-refractivity contribution in [1.82, 2.24) is 20.0 Å². The standard InChI is InChI=1S/C24H24N6O3/c1-16-6-3-4-7-18(16)24-26-22(33-27-24)15-28-10-12-29(13-11-28)21-14-17(2)25-23-19(21)8-5-9-20(23)30(31)32/h3-9,14H,10-13,15H2,1-2H3. The topological polar surface area (TPSA) is 101 Å². The van der Waals surface area contributed by atoms with Gasteiger partial charge in [0.05, 0.1) is 11.5 Å². The maximum Gasteiger partial charge on any atom is 0.295 e. The Morgan fingerprint density at radius 1 is 1.03 bits per heavy atom. The van der Waals surface area contributed by atoms with Gasteiger partial charge >= 0.3 is 0 Å². The zero-order valence-corrected chi connectivity index (χ0v) is 18.6. The number of nitro benzene ring substituents is 1. The van der Waals surface area contributed by atoms with Crippen molar-refractivity contribution in [2.75, 3.05) is 31.1 Å². The van der Waals surface area contributed by atoms with E-state index in [2.05, 4.69) is 24.9 Å². The number of nitro groups is 1. The monoisotopic (exact) mass is 444 g/mol. The zero-order chi connectivity index (χ0) is 22.9. The molecule has 5 rings (SSSR count). The van der Waals surface area contributed by atoms with Gasteiger partial charge in [0.25, 0.3) is 5.69 Å². The number of rotatable bonds is 5. The Balaban J connectivity index is 1.30. The maximum atomic E-state index is 11.5. The van der Waals surface area contributed by atoms with Crippen LogP contribution in [0.5, 0.6) is 0 Å². The maximum absolute atomic E-state index is 11.5. The molecule has 1 aliphatic heterocycles. The molecule has 2 aromatic carbocycles. The van der Waals surface area contributed by atoms with Crippen LogP contribution in [0.2, 0.25) is 0 Å². The van der Waals surface area contributed by atoms with E-state index in [0.29, 0.717) is 23.8 Å². The van der Waals surface area contributed by atoms with Crippen LogP contribution in [-0.4, -0.2) is 51.1 Å². The molecule has 0 amide bonds. The minimum Gasteiger partial charge on any atom is -0.368 e. The number of piperazine rings is 1. The molecule has 0 atom stereocenters. The average Bonchev–Trinajstić information content (AvgIpc) is 3.27. The molecule has 0 aliphatic carbocycles. The number of aryl methyl sites for hydroxylation is 2. The number of aromatic nitrogens is 3. The quantitative estimate of drug-likeness (QED) is 0.334. The van der Waals surface area contributed by atoms with Crippen LogP contribution in [0.3, 0.4) is 0 Å². The Labute approximate surface area is 190 Å². The van der Waals surface area contributed by atoms with Crippen molar-refractivity contribution in [2.24, 2.45) is 0 Å². The lowest BCUT2D eigenvalue weighted by Crippen LogP contribution is -2.46. The zero-order valence-electron chi connectivity index (χ0n) is 18.6. The van der Waals surface area contributed by atoms with Crippen LogP contribution < -0.4 is 4.90 Å². The van der Waals surface area contributed by atoms with Crippen molar-refractivity contribution < 1.29 is 9.45 Å². The third-order valence-corrected chi connectivity index (χ3v) is 6.05. The summed E-state index contributed by atoms with van der Waals surface area (Å²) in [5.74, 6) is 1.21. The molecular formula is C24H24N6O3. The van der Waals surface area contributed by atoms with Crippen LogP contribution in [0.25, 0.3) is 22.3 Å². The van der Waals surface area contributed by atoms with E-state index in [0.717, 1.165) is 54.1 Å². The van der Waals surface area contributed by atoms with Gasteiger partial charge in [0, 0.05) is 54.6 Å². The Bertz CT molecular complexity index is 1330. The molecule has 3 heterocycles. The number of non-ortho nitro benzene ring substituents is 1. The molecule has 1 aliphatic rings. The van der Waals surface area contributed by atoms with Gasteiger partial charge in [0.15, 0.2) is 5.52 Å². The fraction of sp³-hybridized carbons (Fsp3) is 0.292. The minimum absolute atomic E-state index is 0.0388. The van der Waals surface area contributed by atoms with Crippen LogP contribution >= 0.6 is 0 Å². The second-order valence-corrected chi connectivity index (χ2v) is 8.30. The fourth-order valence-corrected chi connectivity index (χ4v) is 4.34. The number of benzene rings is 2. The highest BCUT2D eigenvalue weighted by atomic mass is 16.6. The molecule has 1 saturated heterocycles. The highest BCUT2D eigenvalue weighted by Crippen LogP contribution is 2.32. The number of anilines is 1. The predicted molar refractivity (Wildman–Crippen MR) is 125 cm³/mol. The van der Waals surface area contributed by atoms with Crippen molar-refractivity contribution in [3.05, 3.63) is 75.8 Å². The number of fused-ring (bicyclic) bond motifs is 1. The summed E-state index contributed by atoms with van der Waals surface area (Å²) in [6.07, 6.45) is 0. The molecule has 0 N–H and O–H groups in total. The fourth-order valence-electron chi connectivity index (χ4n) is 4.34. The van der Waals surface area contributed by atoms with Crippen molar-refractivity contribution in [3.63, 3.8) is 0 Å². The molecule has 0 spiro atoms. The second-order valence-electron chi connectivity index (χ2n) is 8.30. The van der Waals surface area contributed by atoms with Crippen LogP contribution in [-0.2, 0) is 6.54 Å². The molecule has 168 valence electrons. The van der Waals surface area contributed by atoms with Gasteiger partial charge in [0.1, 0.15) is 0 Å². The van der Waals surface area contributed by atoms with Crippen molar-refractivity contribution in [2.45, 2.75) is 20.4 Å². The average molecular weight is 444 g/mol. The highest BCUT2D eigenvalue weighted by molar-refractivity contribution is 5.97. The largest absolute Gasteiger partial charge is 0.368 e. The van der Waals surface area contributed by atoms with Gasteiger partial charge in [-0.05, 0) is 25.5 Å². The van der Waals surface area contributed by atoms with Gasteiger partial charge < -0.3 is 9.42 Å². The van der Waals surface area contributed by atoms with Crippen molar-refractivity contribution >= 4 is 22.3 Å². The van der Waals surface area contributed by atoms with Gasteiger partial charge in [0.2, 0.25) is 11.7 Å². The van der Waals surface area contributed by atoms with E-state index in [1.807, 2.05) is 50.2 Å². The minimum atomic E-state index is -0.369. The summed E-state index contributed by atoms with van der Waals surface area (Å²) in [5, 5.41) is 16.4. The van der Waals surface area contributed by atoms with E-state index in [1.165, 1.54) is 6.07 Å². The molecule has 9 nitrogen and oxygen atoms in total. The van der Waals surface area contributed by atoms with E-state index in [9.17, 15) is 10.1 Å². The van der Waals surface area contributed by atoms with E-state index in [4.69, 9.17) is 4.52 Å². The molecule has 4 aromatic rings. The molecule has 0 radical (unpaired) electrons. The number of pyridine rings is 1. The Kier molecular flexibility index (Phi) is 5.47. The molecule has 0 unspecified atom stereocenters. The first-order valence-corrected chi connectivity index (χ1v) is 10.9. The van der Waals surface area contributed by atoms with Gasteiger partial charge in [-0.2, -0.15) is 4.98 Å². The van der Waals surface area contributed by atoms with Gasteiger partial charge in [-0.25, -0.2) is 4.98 Å². The molecule has 0 bridgehead atoms. The third-order valence-electron chi connectivity index (χ3n) is 6.05. The summed E-state index contributed by atoms with van der Waals surface area (Å²) >= 11 is 0. The van der Waals surface area contributed by atoms with Gasteiger partial charge in [-0.1, -0.05) is 41.6 Å². The molecule has 33 heavy (non-hydrogen) atoms. The lowest BCUT2D eigenvalue weighted by molar-refractivity contribution is -0.383. The van der Waals surface area contributed by atoms with E-state index < -0.39 is 0 Å². The number of hydrogen-bond donors (Lipinski definition) is 0. The lowest BCUT2D eigenvalue weighted by atomic mass is 10.1. The summed E-state index contributed by atoms with van der Waals surface area (Å²) in [5.41, 5.74) is 4.32. The van der Waals surface area contributed by atoms with Crippen LogP contribution in [0.1, 0.15) is 17.1 Å². The summed E-state index contributed by atoms with van der Waals surface area (Å²) < 4.78 is 5.51. The lowest BCUT2D eigenvalue weighted by Gasteiger charge is -2.36. The van der Waals surface area contributed by atoms with Crippen LogP contribution in [0.15, 0.2) is 53.1 Å². The van der Waals surface area contributed by atoms with E-state index in [1.54, 1.807) is 6.07 Å².